The van der Waals surface area contributed by atoms with E-state index in [0.717, 1.165) is 24.6 Å². The van der Waals surface area contributed by atoms with E-state index in [1.807, 2.05) is 0 Å². The molecule has 154 valence electrons. The number of H-pyrrole nitrogens is 1. The lowest BCUT2D eigenvalue weighted by Crippen LogP contribution is -2.44. The molecule has 0 saturated heterocycles. The van der Waals surface area contributed by atoms with E-state index < -0.39 is 23.4 Å². The average molecular weight is 408 g/mol. The monoisotopic (exact) mass is 408 g/mol. The van der Waals surface area contributed by atoms with Gasteiger partial charge in [0.15, 0.2) is 5.69 Å². The largest absolute Gasteiger partial charge is 0.437 e. The molecule has 0 unspecified atom stereocenters. The molecule has 1 spiro atoms. The number of fused-ring (bicyclic) bond motifs is 2. The Morgan fingerprint density at radius 1 is 1.31 bits per heavy atom. The van der Waals surface area contributed by atoms with Crippen LogP contribution in [0.15, 0.2) is 12.4 Å². The molecule has 5 rings (SSSR count). The third kappa shape index (κ3) is 2.86. The highest BCUT2D eigenvalue weighted by molar-refractivity contribution is 6.09. The van der Waals surface area contributed by atoms with Gasteiger partial charge < -0.3 is 10.4 Å². The maximum absolute atomic E-state index is 13.2. The van der Waals surface area contributed by atoms with Crippen molar-refractivity contribution < 1.29 is 23.1 Å². The molecule has 2 aliphatic carbocycles. The topological polar surface area (TPSA) is 107 Å². The van der Waals surface area contributed by atoms with E-state index in [0.29, 0.717) is 31.5 Å². The molecule has 2 fully saturated rings. The Hall–Kier alpha value is -2.69. The number of hydrogen-bond acceptors (Lipinski definition) is 6. The van der Waals surface area contributed by atoms with Crippen LogP contribution in [0.25, 0.3) is 0 Å². The summed E-state index contributed by atoms with van der Waals surface area (Å²) in [6.45, 7) is 0. The van der Waals surface area contributed by atoms with Gasteiger partial charge in [0, 0.05) is 24.0 Å². The first-order valence-electron chi connectivity index (χ1n) is 9.57. The molecule has 0 radical (unpaired) electrons. The van der Waals surface area contributed by atoms with Crippen LogP contribution < -0.4 is 10.2 Å². The van der Waals surface area contributed by atoms with Gasteiger partial charge >= 0.3 is 6.18 Å². The lowest BCUT2D eigenvalue weighted by atomic mass is 9.92. The van der Waals surface area contributed by atoms with Crippen molar-refractivity contribution in [2.45, 2.75) is 62.3 Å². The van der Waals surface area contributed by atoms with Gasteiger partial charge in [0.1, 0.15) is 5.82 Å². The summed E-state index contributed by atoms with van der Waals surface area (Å²) in [5.74, 6) is 0.348. The minimum absolute atomic E-state index is 0.0393. The number of aliphatic hydroxyl groups is 1. The van der Waals surface area contributed by atoms with Gasteiger partial charge in [-0.05, 0) is 38.5 Å². The van der Waals surface area contributed by atoms with Gasteiger partial charge in [0.2, 0.25) is 11.9 Å². The number of carbonyl (C=O) groups is 1. The minimum atomic E-state index is -4.63. The standard InChI is InChI=1S/C18H19F3N6O2/c19-18(20,21)13-12(8-23-26-13)24-16-22-7-11-14(25-16)27(15(29)17(11)4-5-17)9-2-1-3-10(28)6-9/h7-10,28H,1-6H2,(H,23,26)(H,22,24,25)/t9-,10-/m1/s1. The zero-order chi connectivity index (χ0) is 20.4. The molecule has 2 atom stereocenters. The van der Waals surface area contributed by atoms with Crippen LogP contribution in [-0.2, 0) is 16.4 Å². The van der Waals surface area contributed by atoms with E-state index in [4.69, 9.17) is 0 Å². The molecule has 2 saturated carbocycles. The zero-order valence-electron chi connectivity index (χ0n) is 15.3. The van der Waals surface area contributed by atoms with Crippen molar-refractivity contribution in [1.29, 1.82) is 0 Å². The SMILES string of the molecule is O=C1N([C@@H]2CCC[C@@H](O)C2)c2nc(Nc3c[nH]nc3C(F)(F)F)ncc2C12CC2. The molecule has 3 aliphatic rings. The Bertz CT molecular complexity index is 971. The molecule has 0 aromatic carbocycles. The van der Waals surface area contributed by atoms with Gasteiger partial charge in [-0.25, -0.2) is 4.98 Å². The number of rotatable bonds is 3. The second kappa shape index (κ2) is 6.15. The average Bonchev–Trinajstić information content (AvgIpc) is 3.26. The van der Waals surface area contributed by atoms with E-state index >= 15 is 0 Å². The Morgan fingerprint density at radius 3 is 2.79 bits per heavy atom. The Morgan fingerprint density at radius 2 is 2.10 bits per heavy atom. The normalized spacial score (nSPS) is 25.4. The van der Waals surface area contributed by atoms with Crippen LogP contribution in [0.3, 0.4) is 0 Å². The fourth-order valence-electron chi connectivity index (χ4n) is 4.44. The van der Waals surface area contributed by atoms with Crippen molar-refractivity contribution >= 4 is 23.4 Å². The number of halogens is 3. The van der Waals surface area contributed by atoms with Gasteiger partial charge in [-0.1, -0.05) is 0 Å². The van der Waals surface area contributed by atoms with Crippen molar-refractivity contribution in [3.8, 4) is 0 Å². The fraction of sp³-hybridized carbons (Fsp3) is 0.556. The Kier molecular flexibility index (Phi) is 3.89. The molecule has 0 bridgehead atoms. The highest BCUT2D eigenvalue weighted by atomic mass is 19.4. The number of hydrogen-bond donors (Lipinski definition) is 3. The number of carbonyl (C=O) groups excluding carboxylic acids is 1. The number of amides is 1. The summed E-state index contributed by atoms with van der Waals surface area (Å²) < 4.78 is 39.2. The molecule has 3 heterocycles. The van der Waals surface area contributed by atoms with Gasteiger partial charge in [-0.15, -0.1) is 0 Å². The first kappa shape index (κ1) is 18.3. The first-order chi connectivity index (χ1) is 13.8. The summed E-state index contributed by atoms with van der Waals surface area (Å²) in [4.78, 5) is 23.4. The maximum Gasteiger partial charge on any atom is 0.437 e. The van der Waals surface area contributed by atoms with Crippen LogP contribution >= 0.6 is 0 Å². The summed E-state index contributed by atoms with van der Waals surface area (Å²) in [7, 11) is 0. The van der Waals surface area contributed by atoms with Gasteiger partial charge in [0.05, 0.1) is 17.2 Å². The predicted molar refractivity (Wildman–Crippen MR) is 95.6 cm³/mol. The number of alkyl halides is 3. The quantitative estimate of drug-likeness (QED) is 0.721. The highest BCUT2D eigenvalue weighted by Crippen LogP contribution is 2.57. The molecule has 8 nitrogen and oxygen atoms in total. The third-order valence-corrected chi connectivity index (χ3v) is 6.03. The number of aliphatic hydroxyl groups excluding tert-OH is 1. The summed E-state index contributed by atoms with van der Waals surface area (Å²) in [5, 5.41) is 18.0. The van der Waals surface area contributed by atoms with E-state index in [1.165, 1.54) is 6.20 Å². The molecular weight excluding hydrogens is 389 g/mol. The highest BCUT2D eigenvalue weighted by Gasteiger charge is 2.61. The first-order valence-corrected chi connectivity index (χ1v) is 9.57. The van der Waals surface area contributed by atoms with Crippen molar-refractivity contribution in [3.63, 3.8) is 0 Å². The summed E-state index contributed by atoms with van der Waals surface area (Å²) in [6.07, 6.45) is 1.66. The van der Waals surface area contributed by atoms with E-state index in [9.17, 15) is 23.1 Å². The van der Waals surface area contributed by atoms with E-state index in [-0.39, 0.29) is 23.6 Å². The zero-order valence-corrected chi connectivity index (χ0v) is 15.3. The Balaban J connectivity index is 1.50. The second-order valence-corrected chi connectivity index (χ2v) is 7.93. The molecule has 1 amide bonds. The number of nitrogens with one attached hydrogen (secondary N) is 2. The molecular formula is C18H19F3N6O2. The van der Waals surface area contributed by atoms with Crippen LogP contribution in [0.1, 0.15) is 49.8 Å². The van der Waals surface area contributed by atoms with Crippen molar-refractivity contribution in [2.24, 2.45) is 0 Å². The van der Waals surface area contributed by atoms with Crippen LogP contribution in [0.4, 0.5) is 30.6 Å². The summed E-state index contributed by atoms with van der Waals surface area (Å²) in [5.41, 5.74) is -1.27. The smallest absolute Gasteiger partial charge is 0.393 e. The minimum Gasteiger partial charge on any atom is -0.393 e. The van der Waals surface area contributed by atoms with Crippen molar-refractivity contribution in [2.75, 3.05) is 10.2 Å². The van der Waals surface area contributed by atoms with Crippen LogP contribution in [0, 0.1) is 0 Å². The maximum atomic E-state index is 13.2. The number of aromatic nitrogens is 4. The molecule has 2 aromatic heterocycles. The van der Waals surface area contributed by atoms with Crippen LogP contribution in [-0.4, -0.2) is 43.3 Å². The third-order valence-electron chi connectivity index (χ3n) is 6.03. The Labute approximate surface area is 163 Å². The van der Waals surface area contributed by atoms with Crippen LogP contribution in [0.2, 0.25) is 0 Å². The number of anilines is 3. The predicted octanol–water partition coefficient (Wildman–Crippen LogP) is 2.64. The number of nitrogens with zero attached hydrogens (tertiary/aromatic N) is 4. The molecule has 11 heteroatoms. The summed E-state index contributed by atoms with van der Waals surface area (Å²) in [6, 6.07) is -0.174. The van der Waals surface area contributed by atoms with Gasteiger partial charge in [0.25, 0.3) is 0 Å². The summed E-state index contributed by atoms with van der Waals surface area (Å²) >= 11 is 0. The molecule has 29 heavy (non-hydrogen) atoms. The lowest BCUT2D eigenvalue weighted by Gasteiger charge is -2.33. The van der Waals surface area contributed by atoms with Crippen molar-refractivity contribution in [3.05, 3.63) is 23.7 Å². The van der Waals surface area contributed by atoms with Crippen LogP contribution in [0.5, 0.6) is 0 Å². The van der Waals surface area contributed by atoms with E-state index in [1.54, 1.807) is 4.90 Å². The molecule has 3 N–H and O–H groups in total. The molecule has 1 aliphatic heterocycles. The van der Waals surface area contributed by atoms with Crippen molar-refractivity contribution in [1.82, 2.24) is 20.2 Å². The molecule has 2 aromatic rings. The number of aromatic amines is 1. The van der Waals surface area contributed by atoms with E-state index in [2.05, 4.69) is 25.5 Å². The fourth-order valence-corrected chi connectivity index (χ4v) is 4.44. The lowest BCUT2D eigenvalue weighted by molar-refractivity contribution is -0.140. The second-order valence-electron chi connectivity index (χ2n) is 7.93. The van der Waals surface area contributed by atoms with Gasteiger partial charge in [-0.2, -0.15) is 23.3 Å². The van der Waals surface area contributed by atoms with Gasteiger partial charge in [-0.3, -0.25) is 14.8 Å².